The normalized spacial score (nSPS) is 14.9. The van der Waals surface area contributed by atoms with Gasteiger partial charge in [0.25, 0.3) is 5.91 Å². The summed E-state index contributed by atoms with van der Waals surface area (Å²) in [6, 6.07) is 8.14. The quantitative estimate of drug-likeness (QED) is 0.867. The van der Waals surface area contributed by atoms with Gasteiger partial charge in [-0.05, 0) is 31.9 Å². The predicted molar refractivity (Wildman–Crippen MR) is 93.8 cm³/mol. The Balaban J connectivity index is 2.04. The fraction of sp³-hybridized carbons (Fsp3) is 0.474. The molecular formula is C19H25N3O2. The maximum atomic E-state index is 13.1. The molecule has 3 rings (SSSR count). The van der Waals surface area contributed by atoms with Gasteiger partial charge in [0.15, 0.2) is 0 Å². The van der Waals surface area contributed by atoms with E-state index in [1.54, 1.807) is 0 Å². The second-order valence-electron chi connectivity index (χ2n) is 6.26. The third-order valence-corrected chi connectivity index (χ3v) is 4.53. The van der Waals surface area contributed by atoms with Gasteiger partial charge in [0, 0.05) is 13.1 Å². The molecule has 24 heavy (non-hydrogen) atoms. The first-order chi connectivity index (χ1) is 11.6. The average molecular weight is 327 g/mol. The standard InChI is InChI=1S/C19H25N3O2/c1-4-7-16-18(19(23)21-10-12-24-13-11-21)15(3)22(20-16)17-9-6-5-8-14(17)2/h5-6,8-9H,4,7,10-13H2,1-3H3. The summed E-state index contributed by atoms with van der Waals surface area (Å²) in [6.07, 6.45) is 1.78. The second-order valence-corrected chi connectivity index (χ2v) is 6.26. The van der Waals surface area contributed by atoms with E-state index in [0.717, 1.165) is 41.0 Å². The summed E-state index contributed by atoms with van der Waals surface area (Å²) in [7, 11) is 0. The number of hydrogen-bond acceptors (Lipinski definition) is 3. The molecule has 0 N–H and O–H groups in total. The first kappa shape index (κ1) is 16.7. The van der Waals surface area contributed by atoms with Crippen molar-refractivity contribution in [1.82, 2.24) is 14.7 Å². The van der Waals surface area contributed by atoms with Gasteiger partial charge in [-0.3, -0.25) is 4.79 Å². The molecule has 2 aromatic rings. The number of rotatable bonds is 4. The molecule has 1 aromatic heterocycles. The molecule has 0 spiro atoms. The van der Waals surface area contributed by atoms with Crippen LogP contribution in [0.5, 0.6) is 0 Å². The van der Waals surface area contributed by atoms with Crippen LogP contribution < -0.4 is 0 Å². The topological polar surface area (TPSA) is 47.4 Å². The van der Waals surface area contributed by atoms with Crippen molar-refractivity contribution in [3.63, 3.8) is 0 Å². The molecule has 0 saturated carbocycles. The van der Waals surface area contributed by atoms with Crippen molar-refractivity contribution in [2.75, 3.05) is 26.3 Å². The number of aryl methyl sites for hydroxylation is 2. The van der Waals surface area contributed by atoms with Gasteiger partial charge in [-0.15, -0.1) is 0 Å². The Morgan fingerprint density at radius 3 is 2.58 bits per heavy atom. The maximum absolute atomic E-state index is 13.1. The monoisotopic (exact) mass is 327 g/mol. The second kappa shape index (κ2) is 7.18. The van der Waals surface area contributed by atoms with E-state index in [1.165, 1.54) is 0 Å². The van der Waals surface area contributed by atoms with Gasteiger partial charge in [0.2, 0.25) is 0 Å². The number of benzene rings is 1. The Morgan fingerprint density at radius 2 is 1.92 bits per heavy atom. The van der Waals surface area contributed by atoms with E-state index in [-0.39, 0.29) is 5.91 Å². The van der Waals surface area contributed by atoms with E-state index in [4.69, 9.17) is 9.84 Å². The van der Waals surface area contributed by atoms with Crippen LogP contribution in [0.2, 0.25) is 0 Å². The van der Waals surface area contributed by atoms with Crippen LogP contribution in [0.4, 0.5) is 0 Å². The molecular weight excluding hydrogens is 302 g/mol. The highest BCUT2D eigenvalue weighted by molar-refractivity contribution is 5.96. The van der Waals surface area contributed by atoms with Crippen molar-refractivity contribution < 1.29 is 9.53 Å². The van der Waals surface area contributed by atoms with E-state index in [2.05, 4.69) is 19.9 Å². The molecule has 2 heterocycles. The lowest BCUT2D eigenvalue weighted by molar-refractivity contribution is 0.0301. The van der Waals surface area contributed by atoms with Crippen LogP contribution in [0, 0.1) is 13.8 Å². The number of morpholine rings is 1. The number of para-hydroxylation sites is 1. The van der Waals surface area contributed by atoms with E-state index < -0.39 is 0 Å². The molecule has 128 valence electrons. The van der Waals surface area contributed by atoms with Crippen molar-refractivity contribution in [3.8, 4) is 5.69 Å². The van der Waals surface area contributed by atoms with Gasteiger partial charge >= 0.3 is 0 Å². The Bertz CT molecular complexity index is 730. The van der Waals surface area contributed by atoms with Gasteiger partial charge in [-0.25, -0.2) is 4.68 Å². The molecule has 0 unspecified atom stereocenters. The number of nitrogens with zero attached hydrogens (tertiary/aromatic N) is 3. The van der Waals surface area contributed by atoms with Gasteiger partial charge in [0.1, 0.15) is 0 Å². The summed E-state index contributed by atoms with van der Waals surface area (Å²) < 4.78 is 7.29. The van der Waals surface area contributed by atoms with Crippen molar-refractivity contribution in [2.45, 2.75) is 33.6 Å². The minimum atomic E-state index is 0.0825. The van der Waals surface area contributed by atoms with Crippen LogP contribution in [-0.4, -0.2) is 46.9 Å². The molecule has 5 nitrogen and oxygen atoms in total. The van der Waals surface area contributed by atoms with Gasteiger partial charge in [0.05, 0.1) is 35.9 Å². The van der Waals surface area contributed by atoms with Gasteiger partial charge in [-0.2, -0.15) is 5.10 Å². The highest BCUT2D eigenvalue weighted by atomic mass is 16.5. The number of amides is 1. The summed E-state index contributed by atoms with van der Waals surface area (Å²) in [4.78, 5) is 14.9. The Labute approximate surface area is 143 Å². The molecule has 1 saturated heterocycles. The lowest BCUT2D eigenvalue weighted by Gasteiger charge is -2.27. The van der Waals surface area contributed by atoms with Crippen molar-refractivity contribution in [2.24, 2.45) is 0 Å². The summed E-state index contributed by atoms with van der Waals surface area (Å²) in [5.74, 6) is 0.0825. The minimum Gasteiger partial charge on any atom is -0.378 e. The van der Waals surface area contributed by atoms with Crippen LogP contribution in [0.15, 0.2) is 24.3 Å². The molecule has 1 aliphatic heterocycles. The van der Waals surface area contributed by atoms with Crippen molar-refractivity contribution in [3.05, 3.63) is 46.8 Å². The van der Waals surface area contributed by atoms with E-state index in [0.29, 0.717) is 26.3 Å². The van der Waals surface area contributed by atoms with Crippen LogP contribution >= 0.6 is 0 Å². The van der Waals surface area contributed by atoms with Crippen LogP contribution in [0.3, 0.4) is 0 Å². The largest absolute Gasteiger partial charge is 0.378 e. The zero-order chi connectivity index (χ0) is 17.1. The molecule has 1 aliphatic rings. The fourth-order valence-corrected chi connectivity index (χ4v) is 3.21. The molecule has 0 radical (unpaired) electrons. The lowest BCUT2D eigenvalue weighted by atomic mass is 10.1. The Kier molecular flexibility index (Phi) is 5.00. The molecule has 1 amide bonds. The number of carbonyl (C=O) groups excluding carboxylic acids is 1. The van der Waals surface area contributed by atoms with Crippen LogP contribution in [-0.2, 0) is 11.2 Å². The first-order valence-electron chi connectivity index (χ1n) is 8.65. The van der Waals surface area contributed by atoms with Crippen molar-refractivity contribution in [1.29, 1.82) is 0 Å². The smallest absolute Gasteiger partial charge is 0.257 e. The molecule has 1 aromatic carbocycles. The Morgan fingerprint density at radius 1 is 1.21 bits per heavy atom. The summed E-state index contributed by atoms with van der Waals surface area (Å²) in [5, 5.41) is 4.78. The van der Waals surface area contributed by atoms with Crippen molar-refractivity contribution >= 4 is 5.91 Å². The van der Waals surface area contributed by atoms with Crippen LogP contribution in [0.25, 0.3) is 5.69 Å². The highest BCUT2D eigenvalue weighted by Crippen LogP contribution is 2.23. The van der Waals surface area contributed by atoms with E-state index in [1.807, 2.05) is 34.7 Å². The van der Waals surface area contributed by atoms with Gasteiger partial charge < -0.3 is 9.64 Å². The zero-order valence-electron chi connectivity index (χ0n) is 14.7. The molecule has 1 fully saturated rings. The SMILES string of the molecule is CCCc1nn(-c2ccccc2C)c(C)c1C(=O)N1CCOCC1. The average Bonchev–Trinajstić information content (AvgIpc) is 2.92. The summed E-state index contributed by atoms with van der Waals surface area (Å²) >= 11 is 0. The number of carbonyl (C=O) groups is 1. The van der Waals surface area contributed by atoms with E-state index in [9.17, 15) is 4.79 Å². The predicted octanol–water partition coefficient (Wildman–Crippen LogP) is 2.91. The highest BCUT2D eigenvalue weighted by Gasteiger charge is 2.27. The third-order valence-electron chi connectivity index (χ3n) is 4.53. The number of hydrogen-bond donors (Lipinski definition) is 0. The van der Waals surface area contributed by atoms with E-state index >= 15 is 0 Å². The fourth-order valence-electron chi connectivity index (χ4n) is 3.21. The molecule has 0 atom stereocenters. The molecule has 0 bridgehead atoms. The lowest BCUT2D eigenvalue weighted by Crippen LogP contribution is -2.41. The van der Waals surface area contributed by atoms with Crippen LogP contribution in [0.1, 0.15) is 40.7 Å². The summed E-state index contributed by atoms with van der Waals surface area (Å²) in [5.41, 5.74) is 4.77. The molecule has 5 heteroatoms. The Hall–Kier alpha value is -2.14. The number of aromatic nitrogens is 2. The summed E-state index contributed by atoms with van der Waals surface area (Å²) in [6.45, 7) is 8.70. The zero-order valence-corrected chi connectivity index (χ0v) is 14.7. The third kappa shape index (κ3) is 3.08. The molecule has 0 aliphatic carbocycles. The number of ether oxygens (including phenoxy) is 1. The van der Waals surface area contributed by atoms with Gasteiger partial charge in [-0.1, -0.05) is 31.5 Å². The maximum Gasteiger partial charge on any atom is 0.257 e. The first-order valence-corrected chi connectivity index (χ1v) is 8.65. The minimum absolute atomic E-state index is 0.0825.